The summed E-state index contributed by atoms with van der Waals surface area (Å²) in [4.78, 5) is 13.1. The van der Waals surface area contributed by atoms with Crippen LogP contribution in [0.1, 0.15) is 5.69 Å². The third-order valence-electron chi connectivity index (χ3n) is 3.70. The summed E-state index contributed by atoms with van der Waals surface area (Å²) < 4.78 is 12.9. The van der Waals surface area contributed by atoms with Gasteiger partial charge < -0.3 is 15.5 Å². The van der Waals surface area contributed by atoms with Crippen LogP contribution >= 0.6 is 0 Å². The first kappa shape index (κ1) is 13.8. The Morgan fingerprint density at radius 3 is 2.19 bits per heavy atom. The molecule has 1 aliphatic rings. The topological polar surface area (TPSA) is 58.3 Å². The number of rotatable bonds is 3. The van der Waals surface area contributed by atoms with E-state index in [-0.39, 0.29) is 5.82 Å². The van der Waals surface area contributed by atoms with Crippen LogP contribution in [0.3, 0.4) is 0 Å². The van der Waals surface area contributed by atoms with Crippen molar-refractivity contribution in [3.05, 3.63) is 48.2 Å². The summed E-state index contributed by atoms with van der Waals surface area (Å²) in [5, 5.41) is 0. The number of anilines is 2. The summed E-state index contributed by atoms with van der Waals surface area (Å²) in [6.07, 6.45) is 3.50. The zero-order chi connectivity index (χ0) is 14.7. The summed E-state index contributed by atoms with van der Waals surface area (Å²) in [7, 11) is 0. The van der Waals surface area contributed by atoms with E-state index in [4.69, 9.17) is 5.73 Å². The second-order valence-electron chi connectivity index (χ2n) is 5.02. The van der Waals surface area contributed by atoms with E-state index < -0.39 is 0 Å². The minimum absolute atomic E-state index is 0.201. The van der Waals surface area contributed by atoms with Crippen LogP contribution in [-0.4, -0.2) is 36.1 Å². The quantitative estimate of drug-likeness (QED) is 0.925. The average Bonchev–Trinajstić information content (AvgIpc) is 2.56. The first-order valence-electron chi connectivity index (χ1n) is 7.03. The van der Waals surface area contributed by atoms with Crippen LogP contribution in [0.2, 0.25) is 0 Å². The predicted octanol–water partition coefficient (Wildman–Crippen LogP) is 1.40. The maximum atomic E-state index is 12.9. The van der Waals surface area contributed by atoms with Gasteiger partial charge in [0.25, 0.3) is 0 Å². The summed E-state index contributed by atoms with van der Waals surface area (Å²) in [6, 6.07) is 6.64. The third-order valence-corrected chi connectivity index (χ3v) is 3.70. The van der Waals surface area contributed by atoms with Gasteiger partial charge in [-0.3, -0.25) is 4.98 Å². The van der Waals surface area contributed by atoms with Crippen molar-refractivity contribution in [2.24, 2.45) is 5.73 Å². The fraction of sp³-hybridized carbons (Fsp3) is 0.333. The normalized spacial score (nSPS) is 15.3. The maximum absolute atomic E-state index is 12.9. The lowest BCUT2D eigenvalue weighted by atomic mass is 10.2. The van der Waals surface area contributed by atoms with E-state index in [1.807, 2.05) is 12.1 Å². The molecule has 1 aliphatic heterocycles. The molecule has 2 N–H and O–H groups in total. The molecule has 0 unspecified atom stereocenters. The van der Waals surface area contributed by atoms with Crippen molar-refractivity contribution in [1.29, 1.82) is 0 Å². The molecule has 0 amide bonds. The largest absolute Gasteiger partial charge is 0.368 e. The van der Waals surface area contributed by atoms with E-state index in [0.29, 0.717) is 6.54 Å². The van der Waals surface area contributed by atoms with E-state index in [0.717, 1.165) is 43.4 Å². The third kappa shape index (κ3) is 3.11. The zero-order valence-electron chi connectivity index (χ0n) is 11.7. The fourth-order valence-electron chi connectivity index (χ4n) is 2.46. The number of benzene rings is 1. The Kier molecular flexibility index (Phi) is 3.96. The van der Waals surface area contributed by atoms with Crippen molar-refractivity contribution >= 4 is 11.5 Å². The standard InChI is InChI=1S/C15H18FN5/c16-12-1-3-14(4-2-12)20-5-7-21(8-6-20)15-11-18-13(9-17)10-19-15/h1-4,10-11H,5-9,17H2. The van der Waals surface area contributed by atoms with Crippen LogP contribution in [-0.2, 0) is 6.54 Å². The van der Waals surface area contributed by atoms with E-state index >= 15 is 0 Å². The molecule has 110 valence electrons. The second-order valence-corrected chi connectivity index (χ2v) is 5.02. The van der Waals surface area contributed by atoms with Crippen LogP contribution in [0.25, 0.3) is 0 Å². The highest BCUT2D eigenvalue weighted by atomic mass is 19.1. The smallest absolute Gasteiger partial charge is 0.147 e. The number of aromatic nitrogens is 2. The summed E-state index contributed by atoms with van der Waals surface area (Å²) in [5.74, 6) is 0.679. The van der Waals surface area contributed by atoms with Crippen molar-refractivity contribution in [1.82, 2.24) is 9.97 Å². The number of halogens is 1. The van der Waals surface area contributed by atoms with E-state index in [1.54, 1.807) is 12.4 Å². The van der Waals surface area contributed by atoms with Gasteiger partial charge >= 0.3 is 0 Å². The molecule has 1 aromatic heterocycles. The minimum Gasteiger partial charge on any atom is -0.368 e. The Hall–Kier alpha value is -2.21. The molecule has 0 bridgehead atoms. The Morgan fingerprint density at radius 2 is 1.62 bits per heavy atom. The molecule has 0 saturated carbocycles. The molecule has 1 aromatic carbocycles. The van der Waals surface area contributed by atoms with Crippen molar-refractivity contribution in [2.45, 2.75) is 6.54 Å². The van der Waals surface area contributed by atoms with Crippen LogP contribution in [0, 0.1) is 5.82 Å². The lowest BCUT2D eigenvalue weighted by Crippen LogP contribution is -2.46. The molecule has 0 spiro atoms. The molecule has 0 atom stereocenters. The predicted molar refractivity (Wildman–Crippen MR) is 80.7 cm³/mol. The Bertz CT molecular complexity index is 576. The van der Waals surface area contributed by atoms with Gasteiger partial charge in [-0.25, -0.2) is 9.37 Å². The number of nitrogens with two attached hydrogens (primary N) is 1. The van der Waals surface area contributed by atoms with Crippen LogP contribution in [0.5, 0.6) is 0 Å². The lowest BCUT2D eigenvalue weighted by molar-refractivity contribution is 0.624. The zero-order valence-corrected chi connectivity index (χ0v) is 11.7. The van der Waals surface area contributed by atoms with Crippen molar-refractivity contribution in [3.63, 3.8) is 0 Å². The van der Waals surface area contributed by atoms with Gasteiger partial charge in [-0.1, -0.05) is 0 Å². The highest BCUT2D eigenvalue weighted by Gasteiger charge is 2.18. The molecular formula is C15H18FN5. The van der Waals surface area contributed by atoms with E-state index in [2.05, 4.69) is 19.8 Å². The maximum Gasteiger partial charge on any atom is 0.147 e. The van der Waals surface area contributed by atoms with Crippen molar-refractivity contribution in [2.75, 3.05) is 36.0 Å². The molecule has 2 aromatic rings. The van der Waals surface area contributed by atoms with Crippen LogP contribution < -0.4 is 15.5 Å². The first-order chi connectivity index (χ1) is 10.3. The van der Waals surface area contributed by atoms with Gasteiger partial charge in [0.1, 0.15) is 11.6 Å². The van der Waals surface area contributed by atoms with Crippen molar-refractivity contribution in [3.8, 4) is 0 Å². The fourth-order valence-corrected chi connectivity index (χ4v) is 2.46. The Balaban J connectivity index is 1.62. The second kappa shape index (κ2) is 6.05. The Labute approximate surface area is 123 Å². The summed E-state index contributed by atoms with van der Waals surface area (Å²) >= 11 is 0. The van der Waals surface area contributed by atoms with Gasteiger partial charge in [0, 0.05) is 38.4 Å². The molecule has 21 heavy (non-hydrogen) atoms. The number of nitrogens with zero attached hydrogens (tertiary/aromatic N) is 4. The summed E-state index contributed by atoms with van der Waals surface area (Å²) in [6.45, 7) is 3.91. The molecular weight excluding hydrogens is 269 g/mol. The number of hydrogen-bond acceptors (Lipinski definition) is 5. The Morgan fingerprint density at radius 1 is 0.952 bits per heavy atom. The van der Waals surface area contributed by atoms with E-state index in [9.17, 15) is 4.39 Å². The monoisotopic (exact) mass is 287 g/mol. The van der Waals surface area contributed by atoms with Crippen LogP contribution in [0.15, 0.2) is 36.7 Å². The number of hydrogen-bond donors (Lipinski definition) is 1. The first-order valence-corrected chi connectivity index (χ1v) is 7.03. The minimum atomic E-state index is -0.201. The van der Waals surface area contributed by atoms with Gasteiger partial charge in [-0.15, -0.1) is 0 Å². The van der Waals surface area contributed by atoms with Crippen LogP contribution in [0.4, 0.5) is 15.9 Å². The molecule has 0 aliphatic carbocycles. The molecule has 1 saturated heterocycles. The van der Waals surface area contributed by atoms with Gasteiger partial charge in [0.05, 0.1) is 18.1 Å². The highest BCUT2D eigenvalue weighted by molar-refractivity contribution is 5.49. The van der Waals surface area contributed by atoms with Gasteiger partial charge in [0.15, 0.2) is 0 Å². The van der Waals surface area contributed by atoms with E-state index in [1.165, 1.54) is 12.1 Å². The molecule has 1 fully saturated rings. The van der Waals surface area contributed by atoms with Gasteiger partial charge in [-0.2, -0.15) is 0 Å². The molecule has 0 radical (unpaired) electrons. The average molecular weight is 287 g/mol. The molecule has 2 heterocycles. The van der Waals surface area contributed by atoms with Crippen molar-refractivity contribution < 1.29 is 4.39 Å². The van der Waals surface area contributed by atoms with Gasteiger partial charge in [0.2, 0.25) is 0 Å². The lowest BCUT2D eigenvalue weighted by Gasteiger charge is -2.36. The molecule has 5 nitrogen and oxygen atoms in total. The molecule has 6 heteroatoms. The molecule has 3 rings (SSSR count). The highest BCUT2D eigenvalue weighted by Crippen LogP contribution is 2.19. The summed E-state index contributed by atoms with van der Waals surface area (Å²) in [5.41, 5.74) is 7.37. The SMILES string of the molecule is NCc1cnc(N2CCN(c3ccc(F)cc3)CC2)cn1. The van der Waals surface area contributed by atoms with Gasteiger partial charge in [-0.05, 0) is 24.3 Å². The number of piperazine rings is 1.